The van der Waals surface area contributed by atoms with Crippen molar-refractivity contribution >= 4 is 11.9 Å². The van der Waals surface area contributed by atoms with Gasteiger partial charge in [0.25, 0.3) is 0 Å². The van der Waals surface area contributed by atoms with Gasteiger partial charge in [-0.3, -0.25) is 9.68 Å². The first-order valence-electron chi connectivity index (χ1n) is 4.91. The lowest BCUT2D eigenvalue weighted by Gasteiger charge is -2.33. The highest BCUT2D eigenvalue weighted by molar-refractivity contribution is 5.93. The number of hydrogen-bond donors (Lipinski definition) is 1. The Balaban J connectivity index is 2.54. The van der Waals surface area contributed by atoms with Crippen molar-refractivity contribution in [3.05, 3.63) is 0 Å². The van der Waals surface area contributed by atoms with Gasteiger partial charge in [0, 0.05) is 11.8 Å². The number of fused-ring (bicyclic) bond motifs is 2. The fourth-order valence-corrected chi connectivity index (χ4v) is 2.78. The van der Waals surface area contributed by atoms with Crippen molar-refractivity contribution < 1.29 is 24.5 Å². The Morgan fingerprint density at radius 1 is 1.40 bits per heavy atom. The molecule has 1 saturated heterocycles. The number of ether oxygens (including phenoxy) is 1. The molecule has 0 amide bonds. The van der Waals surface area contributed by atoms with Gasteiger partial charge in [0.15, 0.2) is 0 Å². The maximum absolute atomic E-state index is 11.7. The topological polar surface area (TPSA) is 72.8 Å². The molecule has 0 aromatic heterocycles. The van der Waals surface area contributed by atoms with E-state index < -0.39 is 22.4 Å². The lowest BCUT2D eigenvalue weighted by molar-refractivity contribution is -0.256. The fourth-order valence-electron chi connectivity index (χ4n) is 2.78. The number of carbonyl (C=O) groups excluding carboxylic acids is 2. The van der Waals surface area contributed by atoms with E-state index in [9.17, 15) is 9.59 Å². The summed E-state index contributed by atoms with van der Waals surface area (Å²) in [5.41, 5.74) is -2.63. The molecule has 2 fully saturated rings. The second-order valence-corrected chi connectivity index (χ2v) is 5.05. The van der Waals surface area contributed by atoms with Gasteiger partial charge in [-0.05, 0) is 13.3 Å². The highest BCUT2D eigenvalue weighted by Gasteiger charge is 2.76. The van der Waals surface area contributed by atoms with Crippen molar-refractivity contribution in [2.24, 2.45) is 10.8 Å². The average Bonchev–Trinajstić information content (AvgIpc) is 2.47. The van der Waals surface area contributed by atoms with Crippen LogP contribution < -0.4 is 0 Å². The Morgan fingerprint density at radius 2 is 2.00 bits per heavy atom. The predicted molar refractivity (Wildman–Crippen MR) is 48.7 cm³/mol. The van der Waals surface area contributed by atoms with E-state index in [1.165, 1.54) is 0 Å². The summed E-state index contributed by atoms with van der Waals surface area (Å²) in [6.45, 7) is 5.37. The van der Waals surface area contributed by atoms with Crippen molar-refractivity contribution in [3.8, 4) is 0 Å². The van der Waals surface area contributed by atoms with Crippen LogP contribution in [0, 0.1) is 10.8 Å². The van der Waals surface area contributed by atoms with Crippen molar-refractivity contribution in [2.45, 2.75) is 39.2 Å². The summed E-state index contributed by atoms with van der Waals surface area (Å²) < 4.78 is 5.15. The molecule has 1 heterocycles. The zero-order valence-electron chi connectivity index (χ0n) is 8.99. The van der Waals surface area contributed by atoms with Crippen molar-refractivity contribution in [1.82, 2.24) is 0 Å². The molecule has 84 valence electrons. The average molecular weight is 214 g/mol. The monoisotopic (exact) mass is 214 g/mol. The molecule has 0 radical (unpaired) electrons. The zero-order chi connectivity index (χ0) is 11.5. The largest absolute Gasteiger partial charge is 0.446 e. The van der Waals surface area contributed by atoms with Crippen LogP contribution in [-0.2, 0) is 19.2 Å². The molecule has 2 bridgehead atoms. The number of esters is 1. The van der Waals surface area contributed by atoms with Gasteiger partial charge in [-0.25, -0.2) is 4.79 Å². The minimum absolute atomic E-state index is 0.385. The summed E-state index contributed by atoms with van der Waals surface area (Å²) in [5, 5.41) is 8.47. The summed E-state index contributed by atoms with van der Waals surface area (Å²) in [5.74, 6) is -1.26. The molecule has 0 spiro atoms. The molecule has 1 N–H and O–H groups in total. The van der Waals surface area contributed by atoms with E-state index in [1.54, 1.807) is 20.8 Å². The fraction of sp³-hybridized carbons (Fsp3) is 0.800. The zero-order valence-corrected chi connectivity index (χ0v) is 8.99. The van der Waals surface area contributed by atoms with E-state index >= 15 is 0 Å². The third-order valence-electron chi connectivity index (χ3n) is 4.50. The third kappa shape index (κ3) is 0.833. The molecule has 1 aliphatic heterocycles. The van der Waals surface area contributed by atoms with Crippen LogP contribution in [0.1, 0.15) is 33.6 Å². The molecule has 0 aromatic carbocycles. The summed E-state index contributed by atoms with van der Waals surface area (Å²) >= 11 is 0. The van der Waals surface area contributed by atoms with E-state index in [4.69, 9.17) is 9.99 Å². The minimum atomic E-state index is -1.31. The van der Waals surface area contributed by atoms with Gasteiger partial charge in [0.2, 0.25) is 5.60 Å². The second-order valence-electron chi connectivity index (χ2n) is 5.05. The maximum Gasteiger partial charge on any atom is 0.385 e. The molecule has 2 rings (SSSR count). The third-order valence-corrected chi connectivity index (χ3v) is 4.50. The van der Waals surface area contributed by atoms with Crippen LogP contribution in [0.2, 0.25) is 0 Å². The first kappa shape index (κ1) is 10.4. The van der Waals surface area contributed by atoms with Crippen LogP contribution >= 0.6 is 0 Å². The lowest BCUT2D eigenvalue weighted by atomic mass is 9.66. The first-order chi connectivity index (χ1) is 6.82. The van der Waals surface area contributed by atoms with Crippen LogP contribution in [0.15, 0.2) is 0 Å². The van der Waals surface area contributed by atoms with E-state index in [1.807, 2.05) is 0 Å². The van der Waals surface area contributed by atoms with Gasteiger partial charge in [-0.2, -0.15) is 5.26 Å². The highest BCUT2D eigenvalue weighted by atomic mass is 17.1. The molecule has 2 unspecified atom stereocenters. The smallest absolute Gasteiger partial charge is 0.385 e. The number of hydrogen-bond acceptors (Lipinski definition) is 5. The van der Waals surface area contributed by atoms with Gasteiger partial charge >= 0.3 is 11.9 Å². The number of carbonyl (C=O) groups is 2. The van der Waals surface area contributed by atoms with Crippen LogP contribution in [-0.4, -0.2) is 22.8 Å². The molecular weight excluding hydrogens is 200 g/mol. The minimum Gasteiger partial charge on any atom is -0.446 e. The maximum atomic E-state index is 11.7. The SMILES string of the molecule is CC12CCC(C(=O)OO)(OC1=O)C2(C)C. The van der Waals surface area contributed by atoms with Crippen LogP contribution in [0.5, 0.6) is 0 Å². The van der Waals surface area contributed by atoms with Crippen molar-refractivity contribution in [2.75, 3.05) is 0 Å². The van der Waals surface area contributed by atoms with Gasteiger partial charge in [0.1, 0.15) is 0 Å². The lowest BCUT2D eigenvalue weighted by Crippen LogP contribution is -2.48. The molecule has 2 aliphatic rings. The molecule has 5 heteroatoms. The van der Waals surface area contributed by atoms with Gasteiger partial charge < -0.3 is 4.74 Å². The molecule has 1 aliphatic carbocycles. The van der Waals surface area contributed by atoms with Crippen LogP contribution in [0.25, 0.3) is 0 Å². The van der Waals surface area contributed by atoms with Gasteiger partial charge in [0.05, 0.1) is 5.41 Å². The molecule has 5 nitrogen and oxygen atoms in total. The molecule has 15 heavy (non-hydrogen) atoms. The van der Waals surface area contributed by atoms with Gasteiger partial charge in [-0.1, -0.05) is 13.8 Å². The number of rotatable bonds is 1. The molecule has 0 aromatic rings. The van der Waals surface area contributed by atoms with Gasteiger partial charge in [-0.15, -0.1) is 0 Å². The Bertz CT molecular complexity index is 348. The standard InChI is InChI=1S/C10H14O5/c1-8(2)9(3)4-5-10(8,7(12)15-13)14-6(9)11/h13H,4-5H2,1-3H3. The molecule has 2 atom stereocenters. The van der Waals surface area contributed by atoms with Crippen molar-refractivity contribution in [3.63, 3.8) is 0 Å². The highest BCUT2D eigenvalue weighted by Crippen LogP contribution is 2.65. The summed E-state index contributed by atoms with van der Waals surface area (Å²) in [4.78, 5) is 27.0. The molecular formula is C10H14O5. The van der Waals surface area contributed by atoms with E-state index in [0.717, 1.165) is 0 Å². The van der Waals surface area contributed by atoms with E-state index in [0.29, 0.717) is 12.8 Å². The Morgan fingerprint density at radius 3 is 2.33 bits per heavy atom. The van der Waals surface area contributed by atoms with Crippen LogP contribution in [0.4, 0.5) is 0 Å². The van der Waals surface area contributed by atoms with E-state index in [2.05, 4.69) is 4.89 Å². The Hall–Kier alpha value is -1.10. The molecule has 1 saturated carbocycles. The quantitative estimate of drug-likeness (QED) is 0.402. The Kier molecular flexibility index (Phi) is 1.75. The summed E-state index contributed by atoms with van der Waals surface area (Å²) in [6.07, 6.45) is 0.982. The second kappa shape index (κ2) is 2.52. The summed E-state index contributed by atoms with van der Waals surface area (Å²) in [7, 11) is 0. The summed E-state index contributed by atoms with van der Waals surface area (Å²) in [6, 6.07) is 0. The Labute approximate surface area is 87.3 Å². The predicted octanol–water partition coefficient (Wildman–Crippen LogP) is 1.12. The normalized spacial score (nSPS) is 41.5. The first-order valence-corrected chi connectivity index (χ1v) is 4.91. The van der Waals surface area contributed by atoms with E-state index in [-0.39, 0.29) is 5.97 Å². The van der Waals surface area contributed by atoms with Crippen LogP contribution in [0.3, 0.4) is 0 Å². The van der Waals surface area contributed by atoms with Crippen molar-refractivity contribution in [1.29, 1.82) is 0 Å².